The molecule has 1 heterocycles. The summed E-state index contributed by atoms with van der Waals surface area (Å²) < 4.78 is 28.8. The minimum absolute atomic E-state index is 0.131. The molecule has 3 N–H and O–H groups in total. The van der Waals surface area contributed by atoms with Gasteiger partial charge in [0.25, 0.3) is 10.2 Å². The van der Waals surface area contributed by atoms with E-state index in [9.17, 15) is 13.2 Å². The molecule has 116 valence electrons. The first-order chi connectivity index (χ1) is 9.91. The first-order valence-electron chi connectivity index (χ1n) is 6.63. The third kappa shape index (κ3) is 3.93. The van der Waals surface area contributed by atoms with Crippen LogP contribution < -0.4 is 15.2 Å². The number of piperidine rings is 1. The maximum absolute atomic E-state index is 12.2. The zero-order chi connectivity index (χ0) is 15.5. The van der Waals surface area contributed by atoms with E-state index in [4.69, 9.17) is 9.88 Å². The van der Waals surface area contributed by atoms with E-state index in [1.807, 2.05) is 12.1 Å². The number of benzene rings is 1. The van der Waals surface area contributed by atoms with Crippen LogP contribution >= 0.6 is 0 Å². The minimum Gasteiger partial charge on any atom is -0.495 e. The molecule has 0 bridgehead atoms. The lowest BCUT2D eigenvalue weighted by Gasteiger charge is -2.29. The van der Waals surface area contributed by atoms with Crippen LogP contribution in [-0.4, -0.2) is 38.8 Å². The maximum Gasteiger partial charge on any atom is 0.276 e. The van der Waals surface area contributed by atoms with Gasteiger partial charge in [0.15, 0.2) is 0 Å². The van der Waals surface area contributed by atoms with Crippen LogP contribution in [0.5, 0.6) is 5.75 Å². The van der Waals surface area contributed by atoms with Gasteiger partial charge in [-0.15, -0.1) is 0 Å². The molecule has 1 aromatic carbocycles. The molecule has 21 heavy (non-hydrogen) atoms. The monoisotopic (exact) mass is 313 g/mol. The van der Waals surface area contributed by atoms with E-state index in [0.29, 0.717) is 24.3 Å². The largest absolute Gasteiger partial charge is 0.495 e. The Hall–Kier alpha value is -1.64. The number of hydrogen-bond acceptors (Lipinski definition) is 4. The molecule has 1 aliphatic rings. The molecule has 0 atom stereocenters. The van der Waals surface area contributed by atoms with Crippen LogP contribution in [0.25, 0.3) is 0 Å². The summed E-state index contributed by atoms with van der Waals surface area (Å²) in [6.07, 6.45) is 0.912. The van der Waals surface area contributed by atoms with E-state index in [0.717, 1.165) is 0 Å². The number of rotatable bonds is 4. The number of carbonyl (C=O) groups is 1. The van der Waals surface area contributed by atoms with Gasteiger partial charge in [-0.2, -0.15) is 12.7 Å². The van der Waals surface area contributed by atoms with E-state index in [1.54, 1.807) is 12.1 Å². The van der Waals surface area contributed by atoms with Crippen molar-refractivity contribution >= 4 is 21.8 Å². The van der Waals surface area contributed by atoms with Crippen molar-refractivity contribution in [2.75, 3.05) is 25.5 Å². The lowest BCUT2D eigenvalue weighted by molar-refractivity contribution is -0.120. The van der Waals surface area contributed by atoms with E-state index >= 15 is 0 Å². The predicted molar refractivity (Wildman–Crippen MR) is 79.0 cm³/mol. The van der Waals surface area contributed by atoms with Crippen molar-refractivity contribution in [2.24, 2.45) is 11.1 Å². The van der Waals surface area contributed by atoms with E-state index in [2.05, 4.69) is 5.32 Å². The number of nitrogens with two attached hydrogens (primary N) is 1. The highest BCUT2D eigenvalue weighted by Gasteiger charge is 2.29. The van der Waals surface area contributed by atoms with Crippen molar-refractivity contribution in [3.63, 3.8) is 0 Å². The van der Waals surface area contributed by atoms with Crippen LogP contribution in [0.15, 0.2) is 24.3 Å². The van der Waals surface area contributed by atoms with Gasteiger partial charge in [-0.1, -0.05) is 12.1 Å². The number of anilines is 1. The molecule has 0 aliphatic carbocycles. The van der Waals surface area contributed by atoms with Gasteiger partial charge >= 0.3 is 0 Å². The Bertz CT molecular complexity index is 610. The second kappa shape index (κ2) is 6.42. The number of ether oxygens (including phenoxy) is 1. The topological polar surface area (TPSA) is 102 Å². The number of amides is 1. The number of methoxy groups -OCH3 is 1. The van der Waals surface area contributed by atoms with Crippen molar-refractivity contribution in [3.05, 3.63) is 24.3 Å². The quantitative estimate of drug-likeness (QED) is 0.847. The normalized spacial score (nSPS) is 17.4. The van der Waals surface area contributed by atoms with Gasteiger partial charge in [-0.05, 0) is 25.0 Å². The average molecular weight is 313 g/mol. The highest BCUT2D eigenvalue weighted by molar-refractivity contribution is 7.86. The second-order valence-electron chi connectivity index (χ2n) is 4.91. The maximum atomic E-state index is 12.2. The number of carbonyl (C=O) groups excluding carboxylic acids is 1. The number of hydrogen-bond donors (Lipinski definition) is 2. The second-order valence-corrected chi connectivity index (χ2v) is 6.45. The Morgan fingerprint density at radius 3 is 2.52 bits per heavy atom. The van der Waals surface area contributed by atoms with Crippen LogP contribution in [0.2, 0.25) is 0 Å². The van der Waals surface area contributed by atoms with E-state index in [-0.39, 0.29) is 24.9 Å². The van der Waals surface area contributed by atoms with Gasteiger partial charge in [0.1, 0.15) is 5.75 Å². The SMILES string of the molecule is COc1ccccc1NC(=O)C1CCN(S(N)(=O)=O)CC1. The van der Waals surface area contributed by atoms with Crippen LogP contribution in [0.1, 0.15) is 12.8 Å². The third-order valence-electron chi connectivity index (χ3n) is 3.55. The van der Waals surface area contributed by atoms with Gasteiger partial charge in [-0.3, -0.25) is 4.79 Å². The fourth-order valence-corrected chi connectivity index (χ4v) is 3.07. The minimum atomic E-state index is -3.66. The Labute approximate surface area is 124 Å². The Morgan fingerprint density at radius 1 is 1.33 bits per heavy atom. The molecule has 1 saturated heterocycles. The predicted octanol–water partition coefficient (Wildman–Crippen LogP) is 0.549. The summed E-state index contributed by atoms with van der Waals surface area (Å²) in [5, 5.41) is 7.90. The fourth-order valence-electron chi connectivity index (χ4n) is 2.36. The molecule has 2 rings (SSSR count). The molecule has 0 radical (unpaired) electrons. The third-order valence-corrected chi connectivity index (χ3v) is 4.63. The summed E-state index contributed by atoms with van der Waals surface area (Å²) in [5.41, 5.74) is 0.610. The molecule has 1 amide bonds. The smallest absolute Gasteiger partial charge is 0.276 e. The standard InChI is InChI=1S/C13H19N3O4S/c1-20-12-5-3-2-4-11(12)15-13(17)10-6-8-16(9-7-10)21(14,18)19/h2-5,10H,6-9H2,1H3,(H,15,17)(H2,14,18,19). The molecule has 1 aliphatic heterocycles. The fraction of sp³-hybridized carbons (Fsp3) is 0.462. The number of nitrogens with one attached hydrogen (secondary N) is 1. The highest BCUT2D eigenvalue weighted by Crippen LogP contribution is 2.26. The van der Waals surface area contributed by atoms with Crippen molar-refractivity contribution < 1.29 is 17.9 Å². The van der Waals surface area contributed by atoms with Crippen LogP contribution in [0.4, 0.5) is 5.69 Å². The zero-order valence-corrected chi connectivity index (χ0v) is 12.6. The Kier molecular flexibility index (Phi) is 4.81. The molecule has 0 saturated carbocycles. The van der Waals surface area contributed by atoms with Crippen LogP contribution in [-0.2, 0) is 15.0 Å². The molecule has 0 spiro atoms. The summed E-state index contributed by atoms with van der Waals surface area (Å²) in [7, 11) is -2.13. The number of para-hydroxylation sites is 2. The van der Waals surface area contributed by atoms with E-state index < -0.39 is 10.2 Å². The van der Waals surface area contributed by atoms with Gasteiger partial charge in [0.05, 0.1) is 12.8 Å². The molecule has 8 heteroatoms. The van der Waals surface area contributed by atoms with Crippen LogP contribution in [0, 0.1) is 5.92 Å². The Balaban J connectivity index is 1.97. The molecule has 1 aromatic rings. The summed E-state index contributed by atoms with van der Waals surface area (Å²) in [4.78, 5) is 12.2. The molecular formula is C13H19N3O4S. The van der Waals surface area contributed by atoms with Crippen LogP contribution in [0.3, 0.4) is 0 Å². The molecule has 0 unspecified atom stereocenters. The highest BCUT2D eigenvalue weighted by atomic mass is 32.2. The average Bonchev–Trinajstić information content (AvgIpc) is 2.47. The van der Waals surface area contributed by atoms with Crippen molar-refractivity contribution in [3.8, 4) is 5.75 Å². The summed E-state index contributed by atoms with van der Waals surface area (Å²) in [6, 6.07) is 7.15. The van der Waals surface area contributed by atoms with E-state index in [1.165, 1.54) is 11.4 Å². The van der Waals surface area contributed by atoms with Crippen molar-refractivity contribution in [2.45, 2.75) is 12.8 Å². The van der Waals surface area contributed by atoms with Gasteiger partial charge < -0.3 is 10.1 Å². The van der Waals surface area contributed by atoms with Gasteiger partial charge in [0, 0.05) is 19.0 Å². The number of nitrogens with zero attached hydrogens (tertiary/aromatic N) is 1. The summed E-state index contributed by atoms with van der Waals surface area (Å²) in [6.45, 7) is 0.533. The zero-order valence-electron chi connectivity index (χ0n) is 11.8. The van der Waals surface area contributed by atoms with Gasteiger partial charge in [-0.25, -0.2) is 5.14 Å². The lowest BCUT2D eigenvalue weighted by atomic mass is 9.97. The first kappa shape index (κ1) is 15.7. The molecule has 7 nitrogen and oxygen atoms in total. The summed E-state index contributed by atoms with van der Waals surface area (Å²) >= 11 is 0. The Morgan fingerprint density at radius 2 is 1.95 bits per heavy atom. The molecule has 0 aromatic heterocycles. The first-order valence-corrected chi connectivity index (χ1v) is 8.14. The molecular weight excluding hydrogens is 294 g/mol. The van der Waals surface area contributed by atoms with Crippen molar-refractivity contribution in [1.29, 1.82) is 0 Å². The van der Waals surface area contributed by atoms with Gasteiger partial charge in [0.2, 0.25) is 5.91 Å². The lowest BCUT2D eigenvalue weighted by Crippen LogP contribution is -2.44. The molecule has 1 fully saturated rings. The van der Waals surface area contributed by atoms with Crippen molar-refractivity contribution in [1.82, 2.24) is 4.31 Å². The summed E-state index contributed by atoms with van der Waals surface area (Å²) in [5.74, 6) is 0.231.